The van der Waals surface area contributed by atoms with Gasteiger partial charge in [-0.3, -0.25) is 4.98 Å². The number of fused-ring (bicyclic) bond motifs is 1. The van der Waals surface area contributed by atoms with Gasteiger partial charge in [-0.05, 0) is 46.6 Å². The largest absolute Gasteiger partial charge is 0.330 e. The van der Waals surface area contributed by atoms with Crippen LogP contribution in [0.25, 0.3) is 10.9 Å². The zero-order chi connectivity index (χ0) is 9.97. The van der Waals surface area contributed by atoms with Crippen LogP contribution < -0.4 is 5.73 Å². The summed E-state index contributed by atoms with van der Waals surface area (Å²) in [6.07, 6.45) is 2.73. The van der Waals surface area contributed by atoms with E-state index in [4.69, 9.17) is 5.73 Å². The zero-order valence-corrected chi connectivity index (χ0v) is 9.29. The van der Waals surface area contributed by atoms with Gasteiger partial charge in [0, 0.05) is 16.1 Å². The molecule has 2 aromatic rings. The summed E-state index contributed by atoms with van der Waals surface area (Å²) in [4.78, 5) is 4.34. The summed E-state index contributed by atoms with van der Waals surface area (Å²) in [7, 11) is 0. The number of benzene rings is 1. The molecule has 0 aliphatic rings. The van der Waals surface area contributed by atoms with Crippen molar-refractivity contribution in [3.63, 3.8) is 0 Å². The highest BCUT2D eigenvalue weighted by Gasteiger charge is 2.03. The molecule has 2 nitrogen and oxygen atoms in total. The topological polar surface area (TPSA) is 38.9 Å². The molecule has 0 spiro atoms. The van der Waals surface area contributed by atoms with E-state index in [0.29, 0.717) is 6.54 Å². The Morgan fingerprint density at radius 1 is 1.29 bits per heavy atom. The normalized spacial score (nSPS) is 10.7. The van der Waals surface area contributed by atoms with Crippen LogP contribution in [-0.2, 0) is 6.42 Å². The van der Waals surface area contributed by atoms with Crippen molar-refractivity contribution in [3.05, 3.63) is 40.5 Å². The maximum Gasteiger partial charge on any atom is 0.0846 e. The Hall–Kier alpha value is -0.930. The highest BCUT2D eigenvalue weighted by molar-refractivity contribution is 9.10. The van der Waals surface area contributed by atoms with Crippen LogP contribution in [0.15, 0.2) is 34.9 Å². The van der Waals surface area contributed by atoms with Crippen LogP contribution in [0, 0.1) is 0 Å². The third-order valence-corrected chi connectivity index (χ3v) is 2.87. The van der Waals surface area contributed by atoms with E-state index < -0.39 is 0 Å². The lowest BCUT2D eigenvalue weighted by molar-refractivity contribution is 0.975. The van der Waals surface area contributed by atoms with Gasteiger partial charge in [-0.25, -0.2) is 0 Å². The van der Waals surface area contributed by atoms with E-state index in [1.165, 1.54) is 10.9 Å². The fraction of sp³-hybridized carbons (Fsp3) is 0.182. The van der Waals surface area contributed by atoms with Crippen LogP contribution in [0.1, 0.15) is 5.56 Å². The van der Waals surface area contributed by atoms with E-state index in [2.05, 4.69) is 27.0 Å². The van der Waals surface area contributed by atoms with E-state index in [1.807, 2.05) is 24.4 Å². The Morgan fingerprint density at radius 2 is 2.14 bits per heavy atom. The van der Waals surface area contributed by atoms with Gasteiger partial charge in [-0.15, -0.1) is 0 Å². The lowest BCUT2D eigenvalue weighted by atomic mass is 10.1. The molecule has 0 fully saturated rings. The monoisotopic (exact) mass is 250 g/mol. The third-order valence-electron chi connectivity index (χ3n) is 2.23. The molecule has 0 saturated carbocycles. The molecule has 0 aliphatic carbocycles. The first kappa shape index (κ1) is 9.62. The number of halogens is 1. The van der Waals surface area contributed by atoms with Crippen molar-refractivity contribution in [1.29, 1.82) is 0 Å². The summed E-state index contributed by atoms with van der Waals surface area (Å²) in [6.45, 7) is 0.672. The molecule has 1 aromatic carbocycles. The van der Waals surface area contributed by atoms with E-state index in [9.17, 15) is 0 Å². The van der Waals surface area contributed by atoms with E-state index in [0.717, 1.165) is 16.4 Å². The van der Waals surface area contributed by atoms with Crippen molar-refractivity contribution in [2.75, 3.05) is 6.54 Å². The molecule has 0 saturated heterocycles. The van der Waals surface area contributed by atoms with Crippen LogP contribution in [-0.4, -0.2) is 11.5 Å². The summed E-state index contributed by atoms with van der Waals surface area (Å²) in [5, 5.41) is 1.19. The van der Waals surface area contributed by atoms with Gasteiger partial charge >= 0.3 is 0 Å². The van der Waals surface area contributed by atoms with Gasteiger partial charge in [0.25, 0.3) is 0 Å². The van der Waals surface area contributed by atoms with Crippen LogP contribution in [0.3, 0.4) is 0 Å². The fourth-order valence-corrected chi connectivity index (χ4v) is 2.04. The second-order valence-electron chi connectivity index (χ2n) is 3.14. The molecule has 2 rings (SSSR count). The number of hydrogen-bond acceptors (Lipinski definition) is 2. The first-order valence-electron chi connectivity index (χ1n) is 4.55. The van der Waals surface area contributed by atoms with E-state index in [1.54, 1.807) is 0 Å². The first-order chi connectivity index (χ1) is 6.83. The smallest absolute Gasteiger partial charge is 0.0846 e. The molecule has 0 atom stereocenters. The maximum absolute atomic E-state index is 5.56. The summed E-state index contributed by atoms with van der Waals surface area (Å²) >= 11 is 3.49. The third kappa shape index (κ3) is 1.65. The maximum atomic E-state index is 5.56. The molecule has 2 N–H and O–H groups in total. The van der Waals surface area contributed by atoms with Gasteiger partial charge in [0.1, 0.15) is 0 Å². The average Bonchev–Trinajstić information content (AvgIpc) is 2.20. The van der Waals surface area contributed by atoms with Crippen LogP contribution >= 0.6 is 15.9 Å². The number of nitrogens with two attached hydrogens (primary N) is 1. The molecule has 14 heavy (non-hydrogen) atoms. The van der Waals surface area contributed by atoms with Gasteiger partial charge in [-0.1, -0.05) is 12.1 Å². The van der Waals surface area contributed by atoms with Crippen LogP contribution in [0.5, 0.6) is 0 Å². The molecule has 1 heterocycles. The summed E-state index contributed by atoms with van der Waals surface area (Å²) in [6, 6.07) is 8.13. The van der Waals surface area contributed by atoms with E-state index >= 15 is 0 Å². The van der Waals surface area contributed by atoms with Crippen molar-refractivity contribution in [1.82, 2.24) is 4.98 Å². The van der Waals surface area contributed by atoms with Crippen molar-refractivity contribution in [2.24, 2.45) is 5.73 Å². The fourth-order valence-electron chi connectivity index (χ4n) is 1.57. The predicted molar refractivity (Wildman–Crippen MR) is 62.2 cm³/mol. The van der Waals surface area contributed by atoms with Gasteiger partial charge in [0.15, 0.2) is 0 Å². The highest BCUT2D eigenvalue weighted by Crippen LogP contribution is 2.24. The summed E-state index contributed by atoms with van der Waals surface area (Å²) in [5.74, 6) is 0. The molecule has 0 radical (unpaired) electrons. The van der Waals surface area contributed by atoms with Crippen molar-refractivity contribution in [2.45, 2.75) is 6.42 Å². The number of nitrogens with zero attached hydrogens (tertiary/aromatic N) is 1. The number of aromatic nitrogens is 1. The SMILES string of the molecule is NCCc1ccnc2c(Br)cccc12. The average molecular weight is 251 g/mol. The molecular formula is C11H11BrN2. The number of rotatable bonds is 2. The number of hydrogen-bond donors (Lipinski definition) is 1. The Labute approximate surface area is 91.3 Å². The van der Waals surface area contributed by atoms with Crippen molar-refractivity contribution < 1.29 is 0 Å². The summed E-state index contributed by atoms with van der Waals surface area (Å²) < 4.78 is 1.04. The second kappa shape index (κ2) is 4.07. The predicted octanol–water partition coefficient (Wildman–Crippen LogP) is 2.50. The van der Waals surface area contributed by atoms with Crippen molar-refractivity contribution >= 4 is 26.8 Å². The van der Waals surface area contributed by atoms with Gasteiger partial charge in [0.05, 0.1) is 5.52 Å². The molecule has 1 aromatic heterocycles. The Balaban J connectivity index is 2.68. The number of pyridine rings is 1. The van der Waals surface area contributed by atoms with Gasteiger partial charge < -0.3 is 5.73 Å². The molecule has 0 bridgehead atoms. The lowest BCUT2D eigenvalue weighted by Crippen LogP contribution is -2.03. The van der Waals surface area contributed by atoms with E-state index in [-0.39, 0.29) is 0 Å². The van der Waals surface area contributed by atoms with Gasteiger partial charge in [0.2, 0.25) is 0 Å². The van der Waals surface area contributed by atoms with Crippen LogP contribution in [0.4, 0.5) is 0 Å². The Bertz CT molecular complexity index is 454. The van der Waals surface area contributed by atoms with Crippen LogP contribution in [0.2, 0.25) is 0 Å². The Kier molecular flexibility index (Phi) is 2.79. The summed E-state index contributed by atoms with van der Waals surface area (Å²) in [5.41, 5.74) is 7.83. The molecule has 72 valence electrons. The first-order valence-corrected chi connectivity index (χ1v) is 5.34. The number of para-hydroxylation sites is 1. The molecule has 3 heteroatoms. The highest BCUT2D eigenvalue weighted by atomic mass is 79.9. The quantitative estimate of drug-likeness (QED) is 0.890. The molecular weight excluding hydrogens is 240 g/mol. The molecule has 0 amide bonds. The minimum atomic E-state index is 0.672. The lowest BCUT2D eigenvalue weighted by Gasteiger charge is -2.05. The molecule has 0 unspecified atom stereocenters. The second-order valence-corrected chi connectivity index (χ2v) is 4.00. The van der Waals surface area contributed by atoms with Crippen molar-refractivity contribution in [3.8, 4) is 0 Å². The standard InChI is InChI=1S/C11H11BrN2/c12-10-3-1-2-9-8(4-6-13)5-7-14-11(9)10/h1-3,5,7H,4,6,13H2. The Morgan fingerprint density at radius 3 is 2.93 bits per heavy atom. The zero-order valence-electron chi connectivity index (χ0n) is 7.70. The minimum Gasteiger partial charge on any atom is -0.330 e. The minimum absolute atomic E-state index is 0.672. The van der Waals surface area contributed by atoms with Gasteiger partial charge in [-0.2, -0.15) is 0 Å². The molecule has 0 aliphatic heterocycles.